The second-order valence-corrected chi connectivity index (χ2v) is 7.38. The zero-order valence-electron chi connectivity index (χ0n) is 17.8. The summed E-state index contributed by atoms with van der Waals surface area (Å²) in [5.41, 5.74) is 3.03. The van der Waals surface area contributed by atoms with Gasteiger partial charge >= 0.3 is 5.97 Å². The molecule has 0 aliphatic carbocycles. The highest BCUT2D eigenvalue weighted by Crippen LogP contribution is 2.17. The van der Waals surface area contributed by atoms with Crippen LogP contribution in [-0.2, 0) is 14.3 Å². The standard InChI is InChI=1S/C23H28N2O5/c1-15(2)13-29-19-10-8-18(9-11-19)23(28)30-14-22(27)24-12-21(26)25-20-7-5-6-16(3)17(20)4/h5-11,15H,12-14H2,1-4H3,(H,24,27)(H,25,26). The number of nitrogens with one attached hydrogen (secondary N) is 2. The van der Waals surface area contributed by atoms with Gasteiger partial charge in [-0.15, -0.1) is 0 Å². The Bertz CT molecular complexity index is 891. The predicted octanol–water partition coefficient (Wildman–Crippen LogP) is 3.25. The van der Waals surface area contributed by atoms with Gasteiger partial charge in [0.15, 0.2) is 6.61 Å². The van der Waals surface area contributed by atoms with Gasteiger partial charge in [0, 0.05) is 5.69 Å². The lowest BCUT2D eigenvalue weighted by Gasteiger charge is -2.11. The molecular weight excluding hydrogens is 384 g/mol. The molecule has 0 bridgehead atoms. The summed E-state index contributed by atoms with van der Waals surface area (Å²) in [6, 6.07) is 12.1. The molecule has 0 fully saturated rings. The first-order valence-corrected chi connectivity index (χ1v) is 9.79. The number of ether oxygens (including phenoxy) is 2. The zero-order valence-corrected chi connectivity index (χ0v) is 17.8. The fraction of sp³-hybridized carbons (Fsp3) is 0.348. The van der Waals surface area contributed by atoms with E-state index in [1.165, 1.54) is 0 Å². The maximum atomic E-state index is 12.1. The molecule has 2 rings (SSSR count). The van der Waals surface area contributed by atoms with Gasteiger partial charge in [-0.3, -0.25) is 9.59 Å². The molecule has 7 heteroatoms. The SMILES string of the molecule is Cc1cccc(NC(=O)CNC(=O)COC(=O)c2ccc(OCC(C)C)cc2)c1C. The molecule has 0 aromatic heterocycles. The third-order valence-electron chi connectivity index (χ3n) is 4.33. The molecule has 2 aromatic rings. The van der Waals surface area contributed by atoms with E-state index in [0.717, 1.165) is 11.1 Å². The van der Waals surface area contributed by atoms with Crippen molar-refractivity contribution >= 4 is 23.5 Å². The van der Waals surface area contributed by atoms with Crippen molar-refractivity contribution < 1.29 is 23.9 Å². The number of benzene rings is 2. The van der Waals surface area contributed by atoms with Crippen LogP contribution in [0.25, 0.3) is 0 Å². The summed E-state index contributed by atoms with van der Waals surface area (Å²) < 4.78 is 10.5. The minimum absolute atomic E-state index is 0.217. The van der Waals surface area contributed by atoms with Crippen molar-refractivity contribution in [3.8, 4) is 5.75 Å². The van der Waals surface area contributed by atoms with Crippen LogP contribution in [0.15, 0.2) is 42.5 Å². The number of esters is 1. The van der Waals surface area contributed by atoms with Gasteiger partial charge in [-0.05, 0) is 61.2 Å². The molecule has 2 N–H and O–H groups in total. The Morgan fingerprint density at radius 3 is 2.33 bits per heavy atom. The summed E-state index contributed by atoms with van der Waals surface area (Å²) >= 11 is 0. The molecule has 2 aromatic carbocycles. The normalized spacial score (nSPS) is 10.4. The van der Waals surface area contributed by atoms with Crippen molar-refractivity contribution in [1.29, 1.82) is 0 Å². The number of carbonyl (C=O) groups excluding carboxylic acids is 3. The first-order valence-electron chi connectivity index (χ1n) is 9.79. The van der Waals surface area contributed by atoms with Crippen LogP contribution in [0.2, 0.25) is 0 Å². The van der Waals surface area contributed by atoms with E-state index in [-0.39, 0.29) is 12.5 Å². The van der Waals surface area contributed by atoms with Crippen LogP contribution in [0.1, 0.15) is 35.3 Å². The molecule has 0 unspecified atom stereocenters. The summed E-state index contributed by atoms with van der Waals surface area (Å²) in [6.07, 6.45) is 0. The fourth-order valence-electron chi connectivity index (χ4n) is 2.48. The summed E-state index contributed by atoms with van der Waals surface area (Å²) in [5, 5.41) is 5.18. The Kier molecular flexibility index (Phi) is 8.41. The highest BCUT2D eigenvalue weighted by Gasteiger charge is 2.12. The van der Waals surface area contributed by atoms with E-state index in [1.807, 2.05) is 39.8 Å². The number of carbonyl (C=O) groups is 3. The minimum Gasteiger partial charge on any atom is -0.493 e. The molecule has 0 saturated carbocycles. The lowest BCUT2D eigenvalue weighted by Crippen LogP contribution is -2.35. The van der Waals surface area contributed by atoms with Crippen molar-refractivity contribution in [2.45, 2.75) is 27.7 Å². The van der Waals surface area contributed by atoms with Crippen molar-refractivity contribution in [3.63, 3.8) is 0 Å². The van der Waals surface area contributed by atoms with Crippen LogP contribution in [0.5, 0.6) is 5.75 Å². The molecule has 0 atom stereocenters. The lowest BCUT2D eigenvalue weighted by molar-refractivity contribution is -0.126. The van der Waals surface area contributed by atoms with Gasteiger partial charge in [0.1, 0.15) is 5.75 Å². The van der Waals surface area contributed by atoms with Gasteiger partial charge < -0.3 is 20.1 Å². The van der Waals surface area contributed by atoms with Gasteiger partial charge in [0.25, 0.3) is 5.91 Å². The largest absolute Gasteiger partial charge is 0.493 e. The first kappa shape index (κ1) is 22.9. The van der Waals surface area contributed by atoms with Gasteiger partial charge in [-0.2, -0.15) is 0 Å². The number of amides is 2. The van der Waals surface area contributed by atoms with Crippen molar-refractivity contribution in [2.24, 2.45) is 5.92 Å². The molecule has 160 valence electrons. The summed E-state index contributed by atoms with van der Waals surface area (Å²) in [6.45, 7) is 7.85. The van der Waals surface area contributed by atoms with E-state index in [0.29, 0.717) is 29.5 Å². The second kappa shape index (κ2) is 11.0. The summed E-state index contributed by atoms with van der Waals surface area (Å²) in [4.78, 5) is 35.9. The van der Waals surface area contributed by atoms with E-state index in [4.69, 9.17) is 9.47 Å². The number of rotatable bonds is 9. The maximum absolute atomic E-state index is 12.1. The van der Waals surface area contributed by atoms with E-state index >= 15 is 0 Å². The average Bonchev–Trinajstić information content (AvgIpc) is 2.72. The van der Waals surface area contributed by atoms with Crippen molar-refractivity contribution in [2.75, 3.05) is 25.1 Å². The zero-order chi connectivity index (χ0) is 22.1. The molecular formula is C23H28N2O5. The Hall–Kier alpha value is -3.35. The van der Waals surface area contributed by atoms with Gasteiger partial charge in [-0.25, -0.2) is 4.79 Å². The molecule has 0 aliphatic heterocycles. The topological polar surface area (TPSA) is 93.7 Å². The number of aryl methyl sites for hydroxylation is 1. The van der Waals surface area contributed by atoms with Crippen molar-refractivity contribution in [3.05, 3.63) is 59.2 Å². The molecule has 2 amide bonds. The Labute approximate surface area is 176 Å². The molecule has 30 heavy (non-hydrogen) atoms. The fourth-order valence-corrected chi connectivity index (χ4v) is 2.48. The van der Waals surface area contributed by atoms with Crippen LogP contribution in [0.4, 0.5) is 5.69 Å². The Morgan fingerprint density at radius 2 is 1.67 bits per heavy atom. The summed E-state index contributed by atoms with van der Waals surface area (Å²) in [7, 11) is 0. The summed E-state index contributed by atoms with van der Waals surface area (Å²) in [5.74, 6) is -0.485. The third kappa shape index (κ3) is 7.24. The predicted molar refractivity (Wildman–Crippen MR) is 115 cm³/mol. The maximum Gasteiger partial charge on any atom is 0.338 e. The number of hydrogen-bond donors (Lipinski definition) is 2. The second-order valence-electron chi connectivity index (χ2n) is 7.38. The van der Waals surface area contributed by atoms with Gasteiger partial charge in [0.2, 0.25) is 5.91 Å². The van der Waals surface area contributed by atoms with Gasteiger partial charge in [-0.1, -0.05) is 26.0 Å². The van der Waals surface area contributed by atoms with Crippen LogP contribution >= 0.6 is 0 Å². The van der Waals surface area contributed by atoms with E-state index in [2.05, 4.69) is 10.6 Å². The first-order chi connectivity index (χ1) is 14.3. The number of hydrogen-bond acceptors (Lipinski definition) is 5. The molecule has 0 saturated heterocycles. The van der Waals surface area contributed by atoms with Crippen molar-refractivity contribution in [1.82, 2.24) is 5.32 Å². The molecule has 0 heterocycles. The Morgan fingerprint density at radius 1 is 0.967 bits per heavy atom. The van der Waals surface area contributed by atoms with Gasteiger partial charge in [0.05, 0.1) is 18.7 Å². The Balaban J connectivity index is 1.74. The lowest BCUT2D eigenvalue weighted by atomic mass is 10.1. The number of anilines is 1. The molecule has 0 radical (unpaired) electrons. The highest BCUT2D eigenvalue weighted by atomic mass is 16.5. The van der Waals surface area contributed by atoms with Crippen LogP contribution in [0, 0.1) is 19.8 Å². The van der Waals surface area contributed by atoms with E-state index in [1.54, 1.807) is 30.3 Å². The monoisotopic (exact) mass is 412 g/mol. The third-order valence-corrected chi connectivity index (χ3v) is 4.33. The highest BCUT2D eigenvalue weighted by molar-refractivity contribution is 5.96. The molecule has 0 spiro atoms. The van der Waals surface area contributed by atoms with E-state index in [9.17, 15) is 14.4 Å². The van der Waals surface area contributed by atoms with Crippen LogP contribution in [-0.4, -0.2) is 37.5 Å². The van der Waals surface area contributed by atoms with Crippen LogP contribution < -0.4 is 15.4 Å². The smallest absolute Gasteiger partial charge is 0.338 e. The van der Waals surface area contributed by atoms with Crippen LogP contribution in [0.3, 0.4) is 0 Å². The minimum atomic E-state index is -0.625. The quantitative estimate of drug-likeness (QED) is 0.617. The average molecular weight is 412 g/mol. The molecule has 7 nitrogen and oxygen atoms in total. The molecule has 0 aliphatic rings. The van der Waals surface area contributed by atoms with E-state index < -0.39 is 18.5 Å².